The van der Waals surface area contributed by atoms with Gasteiger partial charge in [0.05, 0.1) is 33.4 Å². The van der Waals surface area contributed by atoms with Gasteiger partial charge in [-0.25, -0.2) is 29.9 Å². The molecule has 0 saturated carbocycles. The van der Waals surface area contributed by atoms with Gasteiger partial charge in [-0.15, -0.1) is 0 Å². The topological polar surface area (TPSA) is 139 Å². The molecule has 22 rings (SSSR count). The van der Waals surface area contributed by atoms with Crippen LogP contribution in [0.4, 0.5) is 0 Å². The van der Waals surface area contributed by atoms with Crippen molar-refractivity contribution < 1.29 is 0 Å². The molecule has 12 heteroatoms. The van der Waals surface area contributed by atoms with Gasteiger partial charge in [-0.05, 0) is 164 Å². The lowest BCUT2D eigenvalue weighted by molar-refractivity contribution is 0.661. The Kier molecular flexibility index (Phi) is 16.6. The van der Waals surface area contributed by atoms with Crippen LogP contribution in [0.2, 0.25) is 0 Å². The Morgan fingerprint density at radius 1 is 0.207 bits per heavy atom. The first kappa shape index (κ1) is 68.9. The minimum Gasteiger partial charge on any atom is -0.308 e. The zero-order chi connectivity index (χ0) is 77.6. The van der Waals surface area contributed by atoms with Crippen molar-refractivity contribution in [3.05, 3.63) is 387 Å². The van der Waals surface area contributed by atoms with Crippen LogP contribution < -0.4 is 0 Å². The second-order valence-corrected chi connectivity index (χ2v) is 30.7. The van der Waals surface area contributed by atoms with Crippen LogP contribution in [-0.2, 0) is 10.8 Å². The smallest absolute Gasteiger partial charge is 0.164 e. The molecule has 2 aliphatic rings. The second kappa shape index (κ2) is 28.0. The molecule has 0 unspecified atom stereocenters. The monoisotopic (exact) mass is 1490 g/mol. The van der Waals surface area contributed by atoms with Crippen LogP contribution in [0, 0.1) is 0 Å². The molecule has 548 valence electrons. The summed E-state index contributed by atoms with van der Waals surface area (Å²) in [6.07, 6.45) is 14.1. The predicted octanol–water partition coefficient (Wildman–Crippen LogP) is 24.8. The van der Waals surface area contributed by atoms with Gasteiger partial charge in [0, 0.05) is 138 Å². The molecule has 0 bridgehead atoms. The number of aromatic nitrogens is 12. The normalized spacial score (nSPS) is 12.8. The quantitative estimate of drug-likeness (QED) is 0.116. The first-order valence-electron chi connectivity index (χ1n) is 39.1. The third-order valence-corrected chi connectivity index (χ3v) is 23.3. The molecule has 8 heterocycles. The summed E-state index contributed by atoms with van der Waals surface area (Å²) < 4.78 is 5.04. The van der Waals surface area contributed by atoms with Crippen molar-refractivity contribution in [2.75, 3.05) is 0 Å². The zero-order valence-electron chi connectivity index (χ0n) is 64.0. The van der Waals surface area contributed by atoms with E-state index in [-0.39, 0.29) is 10.8 Å². The molecule has 0 atom stereocenters. The average molecular weight is 1490 g/mol. The fourth-order valence-corrected chi connectivity index (χ4v) is 17.8. The predicted molar refractivity (Wildman–Crippen MR) is 469 cm³/mol. The van der Waals surface area contributed by atoms with Crippen LogP contribution >= 0.6 is 0 Å². The highest BCUT2D eigenvalue weighted by Gasteiger charge is 2.40. The lowest BCUT2D eigenvalue weighted by Crippen LogP contribution is -2.16. The number of nitrogens with zero attached hydrogens (tertiary/aromatic N) is 12. The van der Waals surface area contributed by atoms with Crippen LogP contribution in [0.3, 0.4) is 0 Å². The fourth-order valence-electron chi connectivity index (χ4n) is 17.8. The van der Waals surface area contributed by atoms with Crippen molar-refractivity contribution in [1.82, 2.24) is 59.0 Å². The highest BCUT2D eigenvalue weighted by atomic mass is 15.1. The molecular formula is C104H72N12. The van der Waals surface area contributed by atoms with Crippen molar-refractivity contribution in [3.8, 4) is 146 Å². The molecule has 0 saturated heterocycles. The van der Waals surface area contributed by atoms with E-state index >= 15 is 0 Å². The van der Waals surface area contributed by atoms with Crippen molar-refractivity contribution in [1.29, 1.82) is 0 Å². The Balaban J connectivity index is 0.000000145. The first-order valence-corrected chi connectivity index (χ1v) is 39.1. The summed E-state index contributed by atoms with van der Waals surface area (Å²) in [6, 6.07) is 112. The minimum absolute atomic E-state index is 0.159. The summed E-state index contributed by atoms with van der Waals surface area (Å²) in [7, 11) is 0. The molecular weight excluding hydrogens is 1420 g/mol. The molecule has 8 aromatic heterocycles. The van der Waals surface area contributed by atoms with Gasteiger partial charge < -0.3 is 9.13 Å². The number of benzene rings is 12. The highest BCUT2D eigenvalue weighted by molar-refractivity contribution is 6.16. The average Bonchev–Trinajstić information content (AvgIpc) is 1.51. The summed E-state index contributed by atoms with van der Waals surface area (Å²) in [4.78, 5) is 47.6. The van der Waals surface area contributed by atoms with E-state index in [0.717, 1.165) is 100 Å². The first-order chi connectivity index (χ1) is 57.1. The van der Waals surface area contributed by atoms with Crippen LogP contribution in [-0.4, -0.2) is 59.0 Å². The van der Waals surface area contributed by atoms with Crippen LogP contribution in [0.5, 0.6) is 0 Å². The van der Waals surface area contributed by atoms with E-state index in [9.17, 15) is 0 Å². The molecule has 0 amide bonds. The SMILES string of the molecule is CC1(C)c2ccccc2-c2cc3c4ccccc4n(-c4c(-c5ccccc5)cc(-c5nc(-c6ccncc6)nc(-c6ccncc6)n5)cc4-c4ccccc4)c3cc21.CC1(C)c2ccccc2-c2ccc3c4ccccc4n(-c4c(-c5ccccc5)cc(-c5nc(-c6ccncc6)nc(-c6ccncc6)n5)cc4-c4ccccc4)c3c21. The number of para-hydroxylation sites is 2. The second-order valence-electron chi connectivity index (χ2n) is 30.7. The van der Waals surface area contributed by atoms with E-state index in [2.05, 4.69) is 324 Å². The molecule has 116 heavy (non-hydrogen) atoms. The minimum atomic E-state index is -0.241. The molecule has 12 nitrogen and oxygen atoms in total. The number of hydrogen-bond donors (Lipinski definition) is 0. The standard InChI is InChI=1S/2C52H36N6/c1-52(2)44-19-11-9-17-38(44)42-31-43-39-18-10-12-20-46(39)58(47(43)32-45(42)52)48-40(33-13-5-3-6-14-33)29-37(30-41(48)34-15-7-4-8-16-34)51-56-49(35-21-25-53-26-22-35)55-50(57-51)36-23-27-54-28-24-36;1-52(2)44-19-11-9-17-38(44)40-21-22-41-39-18-10-12-20-45(39)58(48(41)46(40)52)47-42(33-13-5-3-6-14-33)31-37(32-43(47)34-15-7-4-8-16-34)51-56-49(35-23-27-53-28-24-35)55-50(57-51)36-25-29-54-30-26-36/h2*3-32H,1-2H3. The van der Waals surface area contributed by atoms with Crippen molar-refractivity contribution in [2.24, 2.45) is 0 Å². The van der Waals surface area contributed by atoms with Gasteiger partial charge in [-0.2, -0.15) is 0 Å². The van der Waals surface area contributed by atoms with Crippen molar-refractivity contribution in [3.63, 3.8) is 0 Å². The molecule has 0 aliphatic heterocycles. The maximum absolute atomic E-state index is 5.18. The van der Waals surface area contributed by atoms with E-state index in [1.54, 1.807) is 49.6 Å². The number of hydrogen-bond acceptors (Lipinski definition) is 10. The summed E-state index contributed by atoms with van der Waals surface area (Å²) in [5, 5.41) is 4.89. The molecule has 0 radical (unpaired) electrons. The Bertz CT molecular complexity index is 6980. The molecule has 0 N–H and O–H groups in total. The molecule has 12 aromatic carbocycles. The molecule has 20 aromatic rings. The summed E-state index contributed by atoms with van der Waals surface area (Å²) in [5.41, 5.74) is 30.9. The van der Waals surface area contributed by atoms with Gasteiger partial charge in [0.15, 0.2) is 34.9 Å². The Morgan fingerprint density at radius 3 is 0.948 bits per heavy atom. The fraction of sp³-hybridized carbons (Fsp3) is 0.0577. The van der Waals surface area contributed by atoms with Crippen LogP contribution in [0.25, 0.3) is 190 Å². The summed E-state index contributed by atoms with van der Waals surface area (Å²) in [6.45, 7) is 9.45. The Labute approximate surface area is 670 Å². The lowest BCUT2D eigenvalue weighted by Gasteiger charge is -2.26. The highest BCUT2D eigenvalue weighted by Crippen LogP contribution is 2.56. The zero-order valence-corrected chi connectivity index (χ0v) is 64.0. The third kappa shape index (κ3) is 11.6. The van der Waals surface area contributed by atoms with Gasteiger partial charge in [0.25, 0.3) is 0 Å². The van der Waals surface area contributed by atoms with Gasteiger partial charge in [0.1, 0.15) is 0 Å². The van der Waals surface area contributed by atoms with E-state index in [4.69, 9.17) is 29.9 Å². The molecule has 2 aliphatic carbocycles. The van der Waals surface area contributed by atoms with E-state index < -0.39 is 0 Å². The van der Waals surface area contributed by atoms with Gasteiger partial charge in [-0.3, -0.25) is 19.9 Å². The Hall–Kier alpha value is -15.1. The summed E-state index contributed by atoms with van der Waals surface area (Å²) in [5.74, 6) is 3.45. The van der Waals surface area contributed by atoms with Crippen molar-refractivity contribution >= 4 is 43.6 Å². The maximum Gasteiger partial charge on any atom is 0.164 e. The molecule has 0 spiro atoms. The van der Waals surface area contributed by atoms with Gasteiger partial charge in [0.2, 0.25) is 0 Å². The van der Waals surface area contributed by atoms with Crippen LogP contribution in [0.15, 0.2) is 365 Å². The van der Waals surface area contributed by atoms with Gasteiger partial charge in [-0.1, -0.05) is 246 Å². The summed E-state index contributed by atoms with van der Waals surface area (Å²) >= 11 is 0. The van der Waals surface area contributed by atoms with Crippen molar-refractivity contribution in [2.45, 2.75) is 38.5 Å². The number of rotatable bonds is 12. The van der Waals surface area contributed by atoms with Gasteiger partial charge >= 0.3 is 0 Å². The van der Waals surface area contributed by atoms with E-state index in [1.165, 1.54) is 77.1 Å². The lowest BCUT2D eigenvalue weighted by atomic mass is 9.81. The molecule has 0 fully saturated rings. The van der Waals surface area contributed by atoms with Crippen LogP contribution in [0.1, 0.15) is 49.9 Å². The number of pyridine rings is 4. The van der Waals surface area contributed by atoms with E-state index in [0.29, 0.717) is 34.9 Å². The Morgan fingerprint density at radius 2 is 0.534 bits per heavy atom. The van der Waals surface area contributed by atoms with E-state index in [1.807, 2.05) is 48.5 Å². The largest absolute Gasteiger partial charge is 0.308 e. The third-order valence-electron chi connectivity index (χ3n) is 23.3. The number of fused-ring (bicyclic) bond motifs is 13. The maximum atomic E-state index is 5.18.